The monoisotopic (exact) mass is 385 g/mol. The van der Waals surface area contributed by atoms with Crippen molar-refractivity contribution in [1.82, 2.24) is 4.90 Å². The van der Waals surface area contributed by atoms with E-state index in [0.717, 1.165) is 5.56 Å². The van der Waals surface area contributed by atoms with Gasteiger partial charge in [0.25, 0.3) is 11.8 Å². The second-order valence-electron chi connectivity index (χ2n) is 6.39. The minimum atomic E-state index is -0.389. The van der Waals surface area contributed by atoms with E-state index in [4.69, 9.17) is 4.74 Å². The number of ether oxygens (including phenoxy) is 1. The van der Waals surface area contributed by atoms with Crippen molar-refractivity contribution in [2.45, 2.75) is 25.6 Å². The molecule has 0 saturated heterocycles. The predicted molar refractivity (Wildman–Crippen MR) is 105 cm³/mol. The van der Waals surface area contributed by atoms with E-state index in [1.165, 1.54) is 40.9 Å². The number of thioether (sulfide) groups is 1. The fraction of sp³-hybridized carbons (Fsp3) is 0.238. The predicted octanol–water partition coefficient (Wildman–Crippen LogP) is 4.26. The lowest BCUT2D eigenvalue weighted by atomic mass is 10.1. The van der Waals surface area contributed by atoms with Gasteiger partial charge in [0.05, 0.1) is 24.1 Å². The molecule has 0 radical (unpaired) electrons. The van der Waals surface area contributed by atoms with Crippen LogP contribution in [0.3, 0.4) is 0 Å². The molecule has 0 fully saturated rings. The van der Waals surface area contributed by atoms with Crippen LogP contribution in [-0.2, 0) is 16.1 Å². The van der Waals surface area contributed by atoms with Crippen molar-refractivity contribution in [3.63, 3.8) is 0 Å². The standard InChI is InChI=1S/C21H20FNO3S/c1-13(2)27-19-18(14-8-10-16(22)11-9-14)20(24)23(21(19)25)12-15-6-4-5-7-17(15)26-3/h4-11,13H,12H2,1-3H3. The number of para-hydroxylation sites is 1. The second kappa shape index (κ2) is 7.96. The summed E-state index contributed by atoms with van der Waals surface area (Å²) < 4.78 is 18.6. The molecule has 0 atom stereocenters. The molecule has 4 nitrogen and oxygen atoms in total. The van der Waals surface area contributed by atoms with Gasteiger partial charge in [0, 0.05) is 10.8 Å². The van der Waals surface area contributed by atoms with Crippen LogP contribution in [0.2, 0.25) is 0 Å². The number of rotatable bonds is 6. The summed E-state index contributed by atoms with van der Waals surface area (Å²) in [4.78, 5) is 27.7. The van der Waals surface area contributed by atoms with Crippen LogP contribution in [0.4, 0.5) is 4.39 Å². The number of carbonyl (C=O) groups excluding carboxylic acids is 2. The Bertz CT molecular complexity index is 906. The highest BCUT2D eigenvalue weighted by molar-refractivity contribution is 8.04. The number of hydrogen-bond acceptors (Lipinski definition) is 4. The minimum Gasteiger partial charge on any atom is -0.496 e. The molecule has 0 aromatic heterocycles. The number of amides is 2. The van der Waals surface area contributed by atoms with E-state index in [-0.39, 0.29) is 29.4 Å². The molecular formula is C21H20FNO3S. The van der Waals surface area contributed by atoms with Crippen molar-refractivity contribution in [2.24, 2.45) is 0 Å². The SMILES string of the molecule is COc1ccccc1CN1C(=O)C(SC(C)C)=C(c2ccc(F)cc2)C1=O. The van der Waals surface area contributed by atoms with Crippen molar-refractivity contribution in [3.05, 3.63) is 70.4 Å². The van der Waals surface area contributed by atoms with Crippen LogP contribution >= 0.6 is 11.8 Å². The number of carbonyl (C=O) groups is 2. The van der Waals surface area contributed by atoms with Crippen LogP contribution in [0.5, 0.6) is 5.75 Å². The van der Waals surface area contributed by atoms with Gasteiger partial charge in [0.15, 0.2) is 0 Å². The highest BCUT2D eigenvalue weighted by atomic mass is 32.2. The maximum Gasteiger partial charge on any atom is 0.268 e. The Labute approximate surface area is 162 Å². The van der Waals surface area contributed by atoms with Gasteiger partial charge in [-0.15, -0.1) is 11.8 Å². The normalized spacial score (nSPS) is 14.5. The smallest absolute Gasteiger partial charge is 0.268 e. The Morgan fingerprint density at radius 1 is 1.04 bits per heavy atom. The molecule has 0 bridgehead atoms. The number of nitrogens with zero attached hydrogens (tertiary/aromatic N) is 1. The second-order valence-corrected chi connectivity index (χ2v) is 7.97. The van der Waals surface area contributed by atoms with Gasteiger partial charge in [0.1, 0.15) is 11.6 Å². The van der Waals surface area contributed by atoms with E-state index >= 15 is 0 Å². The Morgan fingerprint density at radius 3 is 2.33 bits per heavy atom. The van der Waals surface area contributed by atoms with Gasteiger partial charge < -0.3 is 4.74 Å². The number of halogens is 1. The lowest BCUT2D eigenvalue weighted by Crippen LogP contribution is -2.31. The molecule has 1 aliphatic heterocycles. The molecule has 27 heavy (non-hydrogen) atoms. The number of benzene rings is 2. The van der Waals surface area contributed by atoms with E-state index in [0.29, 0.717) is 21.8 Å². The fourth-order valence-corrected chi connectivity index (χ4v) is 3.92. The van der Waals surface area contributed by atoms with Crippen molar-refractivity contribution < 1.29 is 18.7 Å². The zero-order chi connectivity index (χ0) is 19.6. The first kappa shape index (κ1) is 19.2. The molecule has 0 unspecified atom stereocenters. The summed E-state index contributed by atoms with van der Waals surface area (Å²) in [6.07, 6.45) is 0. The average Bonchev–Trinajstić information content (AvgIpc) is 2.87. The Kier molecular flexibility index (Phi) is 5.65. The first-order chi connectivity index (χ1) is 12.9. The minimum absolute atomic E-state index is 0.120. The van der Waals surface area contributed by atoms with Crippen LogP contribution in [0.25, 0.3) is 5.57 Å². The first-order valence-electron chi connectivity index (χ1n) is 8.57. The summed E-state index contributed by atoms with van der Waals surface area (Å²) in [5.74, 6) is -0.476. The van der Waals surface area contributed by atoms with Gasteiger partial charge in [-0.3, -0.25) is 14.5 Å². The molecule has 0 aliphatic carbocycles. The number of imide groups is 1. The molecule has 3 rings (SSSR count). The summed E-state index contributed by atoms with van der Waals surface area (Å²) in [6, 6.07) is 12.9. The molecule has 140 valence electrons. The third-order valence-corrected chi connectivity index (χ3v) is 5.22. The zero-order valence-electron chi connectivity index (χ0n) is 15.4. The highest BCUT2D eigenvalue weighted by Gasteiger charge is 2.39. The maximum absolute atomic E-state index is 13.3. The molecule has 6 heteroatoms. The van der Waals surface area contributed by atoms with Crippen molar-refractivity contribution in [1.29, 1.82) is 0 Å². The summed E-state index contributed by atoms with van der Waals surface area (Å²) >= 11 is 1.35. The zero-order valence-corrected chi connectivity index (χ0v) is 16.2. The van der Waals surface area contributed by atoms with Gasteiger partial charge in [-0.1, -0.05) is 44.2 Å². The topological polar surface area (TPSA) is 46.6 Å². The lowest BCUT2D eigenvalue weighted by molar-refractivity contribution is -0.137. The summed E-state index contributed by atoms with van der Waals surface area (Å²) in [6.45, 7) is 4.04. The summed E-state index contributed by atoms with van der Waals surface area (Å²) in [5.41, 5.74) is 1.62. The van der Waals surface area contributed by atoms with Gasteiger partial charge in [-0.2, -0.15) is 0 Å². The number of methoxy groups -OCH3 is 1. The van der Waals surface area contributed by atoms with E-state index in [9.17, 15) is 14.0 Å². The maximum atomic E-state index is 13.3. The summed E-state index contributed by atoms with van der Waals surface area (Å²) in [5, 5.41) is 0.124. The molecular weight excluding hydrogens is 365 g/mol. The third-order valence-electron chi connectivity index (χ3n) is 4.13. The quantitative estimate of drug-likeness (QED) is 0.697. The van der Waals surface area contributed by atoms with Gasteiger partial charge in [-0.25, -0.2) is 4.39 Å². The van der Waals surface area contributed by atoms with Crippen LogP contribution in [0.15, 0.2) is 53.4 Å². The molecule has 0 N–H and O–H groups in total. The Hall–Kier alpha value is -2.60. The third kappa shape index (κ3) is 3.90. The molecule has 1 aliphatic rings. The molecule has 2 aromatic carbocycles. The Balaban J connectivity index is 2.00. The Morgan fingerprint density at radius 2 is 1.70 bits per heavy atom. The van der Waals surface area contributed by atoms with E-state index in [2.05, 4.69) is 0 Å². The van der Waals surface area contributed by atoms with E-state index in [1.54, 1.807) is 13.2 Å². The number of hydrogen-bond donors (Lipinski definition) is 0. The van der Waals surface area contributed by atoms with Gasteiger partial charge in [0.2, 0.25) is 0 Å². The molecule has 0 spiro atoms. The van der Waals surface area contributed by atoms with E-state index in [1.807, 2.05) is 32.0 Å². The van der Waals surface area contributed by atoms with Gasteiger partial charge in [-0.05, 0) is 23.8 Å². The van der Waals surface area contributed by atoms with Crippen molar-refractivity contribution in [2.75, 3.05) is 7.11 Å². The molecule has 1 heterocycles. The van der Waals surface area contributed by atoms with Crippen LogP contribution in [-0.4, -0.2) is 29.1 Å². The van der Waals surface area contributed by atoms with E-state index < -0.39 is 0 Å². The lowest BCUT2D eigenvalue weighted by Gasteiger charge is -2.17. The average molecular weight is 385 g/mol. The van der Waals surface area contributed by atoms with Gasteiger partial charge >= 0.3 is 0 Å². The molecule has 2 amide bonds. The first-order valence-corrected chi connectivity index (χ1v) is 9.45. The molecule has 2 aromatic rings. The fourth-order valence-electron chi connectivity index (χ4n) is 2.92. The molecule has 0 saturated carbocycles. The summed E-state index contributed by atoms with van der Waals surface area (Å²) in [7, 11) is 1.55. The largest absolute Gasteiger partial charge is 0.496 e. The highest BCUT2D eigenvalue weighted by Crippen LogP contribution is 2.39. The van der Waals surface area contributed by atoms with Crippen LogP contribution in [0.1, 0.15) is 25.0 Å². The van der Waals surface area contributed by atoms with Crippen LogP contribution in [0, 0.1) is 5.82 Å². The van der Waals surface area contributed by atoms with Crippen molar-refractivity contribution >= 4 is 29.1 Å². The van der Waals surface area contributed by atoms with Crippen LogP contribution < -0.4 is 4.74 Å². The van der Waals surface area contributed by atoms with Crippen molar-refractivity contribution in [3.8, 4) is 5.75 Å².